The molecule has 0 aliphatic rings. The predicted octanol–water partition coefficient (Wildman–Crippen LogP) is 4.99. The van der Waals surface area contributed by atoms with Crippen LogP contribution >= 0.6 is 11.6 Å². The molecule has 0 radical (unpaired) electrons. The van der Waals surface area contributed by atoms with Crippen molar-refractivity contribution in [3.8, 4) is 22.9 Å². The number of halogens is 1. The Bertz CT molecular complexity index is 1220. The number of ether oxygens (including phenoxy) is 1. The lowest BCUT2D eigenvalue weighted by atomic mass is 9.94. The summed E-state index contributed by atoms with van der Waals surface area (Å²) in [6, 6.07) is 17.5. The zero-order valence-electron chi connectivity index (χ0n) is 16.2. The number of aromatic hydroxyl groups is 2. The van der Waals surface area contributed by atoms with E-state index in [4.69, 9.17) is 16.3 Å². The van der Waals surface area contributed by atoms with E-state index in [2.05, 4.69) is 4.98 Å². The zero-order valence-corrected chi connectivity index (χ0v) is 16.9. The second kappa shape index (κ2) is 8.08. The van der Waals surface area contributed by atoms with Gasteiger partial charge in [-0.1, -0.05) is 41.9 Å². The van der Waals surface area contributed by atoms with E-state index in [9.17, 15) is 15.0 Å². The van der Waals surface area contributed by atoms with Crippen LogP contribution in [0.4, 0.5) is 0 Å². The molecule has 0 spiro atoms. The molecule has 0 aliphatic heterocycles. The van der Waals surface area contributed by atoms with Crippen molar-refractivity contribution in [1.29, 1.82) is 0 Å². The van der Waals surface area contributed by atoms with Crippen LogP contribution in [0.25, 0.3) is 22.0 Å². The van der Waals surface area contributed by atoms with Gasteiger partial charge in [0, 0.05) is 28.1 Å². The average Bonchev–Trinajstić information content (AvgIpc) is 3.06. The van der Waals surface area contributed by atoms with Crippen molar-refractivity contribution in [1.82, 2.24) is 9.55 Å². The summed E-state index contributed by atoms with van der Waals surface area (Å²) in [5.74, 6) is -0.810. The van der Waals surface area contributed by atoms with E-state index < -0.39 is 5.97 Å². The van der Waals surface area contributed by atoms with Gasteiger partial charge in [-0.15, -0.1) is 0 Å². The second-order valence-electron chi connectivity index (χ2n) is 6.69. The maximum atomic E-state index is 13.1. The number of aromatic nitrogens is 2. The van der Waals surface area contributed by atoms with Crippen LogP contribution in [0.1, 0.15) is 23.0 Å². The van der Waals surface area contributed by atoms with Crippen LogP contribution in [-0.2, 0) is 11.3 Å². The van der Waals surface area contributed by atoms with Gasteiger partial charge in [-0.2, -0.15) is 0 Å². The largest absolute Gasteiger partial charge is 0.494 e. The van der Waals surface area contributed by atoms with Crippen LogP contribution in [0.2, 0.25) is 5.02 Å². The maximum absolute atomic E-state index is 13.1. The number of rotatable bonds is 5. The molecule has 2 N–H and O–H groups in total. The molecule has 0 atom stereocenters. The van der Waals surface area contributed by atoms with Gasteiger partial charge in [-0.25, -0.2) is 9.78 Å². The molecule has 2 heterocycles. The summed E-state index contributed by atoms with van der Waals surface area (Å²) in [5, 5.41) is 21.4. The minimum absolute atomic E-state index is 0.0167. The number of fused-ring (bicyclic) bond motifs is 1. The summed E-state index contributed by atoms with van der Waals surface area (Å²) in [7, 11) is 0. The molecule has 0 unspecified atom stereocenters. The van der Waals surface area contributed by atoms with E-state index in [0.29, 0.717) is 27.2 Å². The Morgan fingerprint density at radius 3 is 2.43 bits per heavy atom. The van der Waals surface area contributed by atoms with Crippen molar-refractivity contribution in [2.24, 2.45) is 0 Å². The van der Waals surface area contributed by atoms with Gasteiger partial charge in [-0.05, 0) is 30.7 Å². The van der Waals surface area contributed by atoms with E-state index in [-0.39, 0.29) is 30.5 Å². The highest BCUT2D eigenvalue weighted by Crippen LogP contribution is 2.36. The number of carbonyl (C=O) groups excluding carboxylic acids is 1. The Morgan fingerprint density at radius 2 is 1.77 bits per heavy atom. The lowest BCUT2D eigenvalue weighted by Gasteiger charge is -2.18. The van der Waals surface area contributed by atoms with E-state index in [1.807, 2.05) is 30.3 Å². The van der Waals surface area contributed by atoms with Crippen LogP contribution in [0.5, 0.6) is 11.8 Å². The van der Waals surface area contributed by atoms with Crippen molar-refractivity contribution in [2.45, 2.75) is 13.5 Å². The Hall–Kier alpha value is -3.51. The lowest BCUT2D eigenvalue weighted by Crippen LogP contribution is -2.14. The van der Waals surface area contributed by atoms with Crippen LogP contribution < -0.4 is 0 Å². The van der Waals surface area contributed by atoms with Crippen molar-refractivity contribution in [3.63, 3.8) is 0 Å². The first kappa shape index (κ1) is 19.8. The highest BCUT2D eigenvalue weighted by molar-refractivity contribution is 6.31. The van der Waals surface area contributed by atoms with Gasteiger partial charge in [0.2, 0.25) is 0 Å². The third-order valence-electron chi connectivity index (χ3n) is 4.81. The van der Waals surface area contributed by atoms with E-state index in [1.165, 1.54) is 16.7 Å². The first-order valence-corrected chi connectivity index (χ1v) is 9.79. The molecule has 4 aromatic rings. The number of pyridine rings is 1. The first-order chi connectivity index (χ1) is 14.5. The molecular formula is C23H19ClN2O4. The molecule has 2 aromatic heterocycles. The van der Waals surface area contributed by atoms with Crippen LogP contribution in [0.15, 0.2) is 60.7 Å². The van der Waals surface area contributed by atoms with Gasteiger partial charge < -0.3 is 14.9 Å². The van der Waals surface area contributed by atoms with Crippen LogP contribution in [0, 0.1) is 0 Å². The van der Waals surface area contributed by atoms with Gasteiger partial charge in [0.25, 0.3) is 0 Å². The Balaban J connectivity index is 2.07. The van der Waals surface area contributed by atoms with E-state index in [0.717, 1.165) is 5.56 Å². The lowest BCUT2D eigenvalue weighted by molar-refractivity contribution is 0.0525. The van der Waals surface area contributed by atoms with Gasteiger partial charge in [0.05, 0.1) is 29.9 Å². The van der Waals surface area contributed by atoms with E-state index in [1.54, 1.807) is 25.1 Å². The van der Waals surface area contributed by atoms with Crippen molar-refractivity contribution < 1.29 is 19.7 Å². The normalized spacial score (nSPS) is 11.0. The minimum atomic E-state index is -0.535. The smallest absolute Gasteiger partial charge is 0.340 e. The summed E-state index contributed by atoms with van der Waals surface area (Å²) in [5.41, 5.74) is 2.71. The van der Waals surface area contributed by atoms with Gasteiger partial charge in [-0.3, -0.25) is 4.57 Å². The molecule has 4 rings (SSSR count). The quantitative estimate of drug-likeness (QED) is 0.442. The topological polar surface area (TPSA) is 84.6 Å². The number of nitrogens with zero attached hydrogens (tertiary/aromatic N) is 2. The van der Waals surface area contributed by atoms with E-state index >= 15 is 0 Å². The molecule has 0 bridgehead atoms. The Kier molecular flexibility index (Phi) is 5.33. The second-order valence-corrected chi connectivity index (χ2v) is 7.13. The van der Waals surface area contributed by atoms with Gasteiger partial charge >= 0.3 is 5.97 Å². The molecule has 0 amide bonds. The van der Waals surface area contributed by atoms with Crippen LogP contribution in [-0.4, -0.2) is 32.3 Å². The molecule has 0 fully saturated rings. The third kappa shape index (κ3) is 3.57. The fourth-order valence-electron chi connectivity index (χ4n) is 3.49. The summed E-state index contributed by atoms with van der Waals surface area (Å²) in [6.45, 7) is 1.91. The van der Waals surface area contributed by atoms with Gasteiger partial charge in [0.15, 0.2) is 11.8 Å². The number of hydrogen-bond donors (Lipinski definition) is 2. The first-order valence-electron chi connectivity index (χ1n) is 9.41. The van der Waals surface area contributed by atoms with Crippen molar-refractivity contribution in [3.05, 3.63) is 76.9 Å². The van der Waals surface area contributed by atoms with Crippen molar-refractivity contribution in [2.75, 3.05) is 6.61 Å². The summed E-state index contributed by atoms with van der Waals surface area (Å²) in [4.78, 5) is 17.7. The summed E-state index contributed by atoms with van der Waals surface area (Å²) in [6.07, 6.45) is 0. The molecule has 152 valence electrons. The number of esters is 1. The predicted molar refractivity (Wildman–Crippen MR) is 115 cm³/mol. The summed E-state index contributed by atoms with van der Waals surface area (Å²) < 4.78 is 6.61. The Labute approximate surface area is 177 Å². The molecular weight excluding hydrogens is 404 g/mol. The maximum Gasteiger partial charge on any atom is 0.340 e. The fraction of sp³-hybridized carbons (Fsp3) is 0.130. The standard InChI is InChI=1S/C23H19ClN2O4/c1-2-30-23(29)22-18(13-26-19(27)10-11-20(26)28)25-17-9-8-15(24)12-16(17)21(22)14-6-4-3-5-7-14/h3-12,27-28H,2,13H2,1H3. The number of benzene rings is 2. The molecule has 0 aliphatic carbocycles. The van der Waals surface area contributed by atoms with Crippen molar-refractivity contribution >= 4 is 28.5 Å². The number of hydrogen-bond acceptors (Lipinski definition) is 5. The molecule has 30 heavy (non-hydrogen) atoms. The minimum Gasteiger partial charge on any atom is -0.494 e. The molecule has 2 aromatic carbocycles. The third-order valence-corrected chi connectivity index (χ3v) is 5.04. The van der Waals surface area contributed by atoms with Crippen LogP contribution in [0.3, 0.4) is 0 Å². The molecule has 7 heteroatoms. The SMILES string of the molecule is CCOC(=O)c1c(Cn2c(O)ccc2O)nc2ccc(Cl)cc2c1-c1ccccc1. The Morgan fingerprint density at radius 1 is 1.07 bits per heavy atom. The molecule has 6 nitrogen and oxygen atoms in total. The van der Waals surface area contributed by atoms with Gasteiger partial charge in [0.1, 0.15) is 0 Å². The fourth-order valence-corrected chi connectivity index (χ4v) is 3.66. The summed E-state index contributed by atoms with van der Waals surface area (Å²) >= 11 is 6.25. The highest BCUT2D eigenvalue weighted by Gasteiger charge is 2.24. The monoisotopic (exact) mass is 422 g/mol. The highest BCUT2D eigenvalue weighted by atomic mass is 35.5. The zero-order chi connectivity index (χ0) is 21.3. The average molecular weight is 423 g/mol. The number of carbonyl (C=O) groups is 1. The molecule has 0 saturated carbocycles. The molecule has 0 saturated heterocycles.